The van der Waals surface area contributed by atoms with E-state index in [1.807, 2.05) is 37.3 Å². The number of aromatic nitrogens is 3. The minimum atomic E-state index is -0.361. The molecule has 2 aromatic carbocycles. The van der Waals surface area contributed by atoms with Crippen LogP contribution in [0, 0.1) is 0 Å². The van der Waals surface area contributed by atoms with Gasteiger partial charge in [0, 0.05) is 28.4 Å². The van der Waals surface area contributed by atoms with Gasteiger partial charge in [-0.25, -0.2) is 9.97 Å². The summed E-state index contributed by atoms with van der Waals surface area (Å²) in [6, 6.07) is 17.9. The summed E-state index contributed by atoms with van der Waals surface area (Å²) in [5, 5.41) is 4.55. The predicted octanol–water partition coefficient (Wildman–Crippen LogP) is 3.81. The van der Waals surface area contributed by atoms with Crippen LogP contribution in [0.3, 0.4) is 0 Å². The average molecular weight is 400 g/mol. The molecule has 0 radical (unpaired) electrons. The van der Waals surface area contributed by atoms with Gasteiger partial charge in [-0.2, -0.15) is 0 Å². The maximum atomic E-state index is 12.8. The van der Waals surface area contributed by atoms with E-state index in [4.69, 9.17) is 4.74 Å². The molecule has 4 aromatic rings. The van der Waals surface area contributed by atoms with Crippen LogP contribution in [0.1, 0.15) is 23.1 Å². The first-order valence-corrected chi connectivity index (χ1v) is 9.53. The van der Waals surface area contributed by atoms with Gasteiger partial charge in [0.15, 0.2) is 0 Å². The lowest BCUT2D eigenvalue weighted by Crippen LogP contribution is -2.14. The lowest BCUT2D eigenvalue weighted by atomic mass is 10.1. The molecule has 0 aliphatic carbocycles. The first kappa shape index (κ1) is 19.3. The first-order valence-electron chi connectivity index (χ1n) is 9.53. The van der Waals surface area contributed by atoms with Gasteiger partial charge in [-0.3, -0.25) is 9.59 Å². The van der Waals surface area contributed by atoms with Crippen molar-refractivity contribution < 1.29 is 9.53 Å². The Kier molecular flexibility index (Phi) is 5.26. The average Bonchev–Trinajstić information content (AvgIpc) is 2.78. The molecule has 4 rings (SSSR count). The molecule has 0 aliphatic rings. The number of H-pyrrole nitrogens is 1. The molecule has 0 bridgehead atoms. The summed E-state index contributed by atoms with van der Waals surface area (Å²) in [5.74, 6) is 0.492. The summed E-state index contributed by atoms with van der Waals surface area (Å²) in [7, 11) is 1.53. The van der Waals surface area contributed by atoms with Crippen molar-refractivity contribution in [1.29, 1.82) is 0 Å². The topological polar surface area (TPSA) is 97.0 Å². The molecule has 0 unspecified atom stereocenters. The van der Waals surface area contributed by atoms with Gasteiger partial charge in [0.05, 0.1) is 7.11 Å². The normalized spacial score (nSPS) is 10.7. The van der Waals surface area contributed by atoms with E-state index in [2.05, 4.69) is 20.3 Å². The lowest BCUT2D eigenvalue weighted by molar-refractivity contribution is 0.102. The van der Waals surface area contributed by atoms with Gasteiger partial charge in [0.1, 0.15) is 11.5 Å². The molecule has 30 heavy (non-hydrogen) atoms. The maximum Gasteiger partial charge on any atom is 0.274 e. The van der Waals surface area contributed by atoms with Gasteiger partial charge >= 0.3 is 0 Å². The van der Waals surface area contributed by atoms with E-state index in [1.165, 1.54) is 13.2 Å². The summed E-state index contributed by atoms with van der Waals surface area (Å²) >= 11 is 0. The van der Waals surface area contributed by atoms with Crippen LogP contribution < -0.4 is 15.6 Å². The Morgan fingerprint density at radius 3 is 2.70 bits per heavy atom. The van der Waals surface area contributed by atoms with E-state index in [9.17, 15) is 9.59 Å². The van der Waals surface area contributed by atoms with Crippen LogP contribution in [0.5, 0.6) is 5.88 Å². The van der Waals surface area contributed by atoms with Crippen LogP contribution in [0.4, 0.5) is 5.69 Å². The number of hydrogen-bond donors (Lipinski definition) is 2. The molecule has 150 valence electrons. The van der Waals surface area contributed by atoms with Gasteiger partial charge in [-0.05, 0) is 36.1 Å². The zero-order valence-electron chi connectivity index (χ0n) is 16.6. The molecule has 0 atom stereocenters. The smallest absolute Gasteiger partial charge is 0.274 e. The van der Waals surface area contributed by atoms with Crippen molar-refractivity contribution in [2.75, 3.05) is 12.4 Å². The molecule has 1 amide bonds. The Balaban J connectivity index is 1.65. The minimum Gasteiger partial charge on any atom is -0.481 e. The molecule has 0 saturated heterocycles. The highest BCUT2D eigenvalue weighted by Gasteiger charge is 2.13. The van der Waals surface area contributed by atoms with Gasteiger partial charge in [-0.15, -0.1) is 0 Å². The van der Waals surface area contributed by atoms with Gasteiger partial charge in [0.25, 0.3) is 11.5 Å². The number of carbonyl (C=O) groups excluding carboxylic acids is 1. The van der Waals surface area contributed by atoms with Crippen LogP contribution in [-0.4, -0.2) is 28.0 Å². The second-order valence-electron chi connectivity index (χ2n) is 6.71. The predicted molar refractivity (Wildman–Crippen MR) is 116 cm³/mol. The molecule has 7 nitrogen and oxygen atoms in total. The van der Waals surface area contributed by atoms with Crippen molar-refractivity contribution in [3.63, 3.8) is 0 Å². The van der Waals surface area contributed by atoms with Gasteiger partial charge in [-0.1, -0.05) is 37.3 Å². The van der Waals surface area contributed by atoms with E-state index >= 15 is 0 Å². The number of rotatable bonds is 5. The Hall–Kier alpha value is -4.00. The largest absolute Gasteiger partial charge is 0.481 e. The fourth-order valence-electron chi connectivity index (χ4n) is 3.20. The number of ether oxygens (including phenoxy) is 1. The third kappa shape index (κ3) is 3.91. The van der Waals surface area contributed by atoms with Gasteiger partial charge < -0.3 is 15.0 Å². The number of hydrogen-bond acceptors (Lipinski definition) is 5. The number of nitrogens with zero attached hydrogens (tertiary/aromatic N) is 2. The molecule has 2 aromatic heterocycles. The van der Waals surface area contributed by atoms with Crippen LogP contribution in [0.25, 0.3) is 22.2 Å². The van der Waals surface area contributed by atoms with E-state index in [1.54, 1.807) is 24.3 Å². The Morgan fingerprint density at radius 1 is 1.07 bits per heavy atom. The van der Waals surface area contributed by atoms with Crippen LogP contribution in [0.2, 0.25) is 0 Å². The van der Waals surface area contributed by atoms with Crippen molar-refractivity contribution in [1.82, 2.24) is 15.0 Å². The van der Waals surface area contributed by atoms with Crippen molar-refractivity contribution in [3.8, 4) is 17.3 Å². The number of aryl methyl sites for hydroxylation is 1. The fourth-order valence-corrected chi connectivity index (χ4v) is 3.20. The standard InChI is InChI=1S/C23H20N4O3/c1-3-16-13-20(28)27-21(24-16)15-8-6-9-17(11-15)25-22(29)19-12-14-7-4-5-10-18(14)23(26-19)30-2/h4-13H,3H2,1-2H3,(H,25,29)(H,24,27,28). The third-order valence-corrected chi connectivity index (χ3v) is 4.68. The monoisotopic (exact) mass is 400 g/mol. The minimum absolute atomic E-state index is 0.209. The van der Waals surface area contributed by atoms with E-state index in [0.29, 0.717) is 35.1 Å². The summed E-state index contributed by atoms with van der Waals surface area (Å²) in [5.41, 5.74) is 2.00. The molecule has 7 heteroatoms. The number of methoxy groups -OCH3 is 1. The van der Waals surface area contributed by atoms with Crippen molar-refractivity contribution in [2.24, 2.45) is 0 Å². The molecule has 2 heterocycles. The number of anilines is 1. The molecule has 0 fully saturated rings. The summed E-state index contributed by atoms with van der Waals surface area (Å²) < 4.78 is 5.35. The molecular formula is C23H20N4O3. The zero-order chi connectivity index (χ0) is 21.1. The lowest BCUT2D eigenvalue weighted by Gasteiger charge is -2.10. The van der Waals surface area contributed by atoms with Crippen LogP contribution in [0.15, 0.2) is 65.5 Å². The number of nitrogens with one attached hydrogen (secondary N) is 2. The summed E-state index contributed by atoms with van der Waals surface area (Å²) in [6.45, 7) is 1.94. The fraction of sp³-hybridized carbons (Fsp3) is 0.130. The third-order valence-electron chi connectivity index (χ3n) is 4.68. The number of aromatic amines is 1. The van der Waals surface area contributed by atoms with Crippen LogP contribution >= 0.6 is 0 Å². The highest BCUT2D eigenvalue weighted by Crippen LogP contribution is 2.25. The highest BCUT2D eigenvalue weighted by molar-refractivity contribution is 6.05. The highest BCUT2D eigenvalue weighted by atomic mass is 16.5. The molecular weight excluding hydrogens is 380 g/mol. The second kappa shape index (κ2) is 8.16. The quantitative estimate of drug-likeness (QED) is 0.531. The molecule has 0 spiro atoms. The van der Waals surface area contributed by atoms with Crippen molar-refractivity contribution in [3.05, 3.63) is 82.4 Å². The first-order chi connectivity index (χ1) is 14.6. The number of carbonyl (C=O) groups is 1. The number of benzene rings is 2. The van der Waals surface area contributed by atoms with E-state index in [-0.39, 0.29) is 17.2 Å². The van der Waals surface area contributed by atoms with E-state index < -0.39 is 0 Å². The van der Waals surface area contributed by atoms with Crippen LogP contribution in [-0.2, 0) is 6.42 Å². The summed E-state index contributed by atoms with van der Waals surface area (Å²) in [4.78, 5) is 36.2. The zero-order valence-corrected chi connectivity index (χ0v) is 16.6. The Bertz CT molecular complexity index is 1300. The second-order valence-corrected chi connectivity index (χ2v) is 6.71. The number of amides is 1. The van der Waals surface area contributed by atoms with E-state index in [0.717, 1.165) is 10.8 Å². The number of pyridine rings is 1. The maximum absolute atomic E-state index is 12.8. The summed E-state index contributed by atoms with van der Waals surface area (Å²) in [6.07, 6.45) is 0.656. The molecule has 0 aliphatic heterocycles. The Morgan fingerprint density at radius 2 is 1.90 bits per heavy atom. The Labute approximate surface area is 172 Å². The SMILES string of the molecule is CCc1cc(=O)[nH]c(-c2cccc(NC(=O)c3cc4ccccc4c(OC)n3)c2)n1. The van der Waals surface area contributed by atoms with Crippen molar-refractivity contribution in [2.45, 2.75) is 13.3 Å². The van der Waals surface area contributed by atoms with Crippen molar-refractivity contribution >= 4 is 22.4 Å². The molecule has 0 saturated carbocycles. The molecule has 2 N–H and O–H groups in total. The van der Waals surface area contributed by atoms with Gasteiger partial charge in [0.2, 0.25) is 5.88 Å². The number of fused-ring (bicyclic) bond motifs is 1.